The normalized spacial score (nSPS) is 21.1. The number of aryl methyl sites for hydroxylation is 1. The molecule has 100 valence electrons. The number of aromatic nitrogens is 2. The van der Waals surface area contributed by atoms with E-state index in [4.69, 9.17) is 10.5 Å². The van der Waals surface area contributed by atoms with Gasteiger partial charge in [-0.1, -0.05) is 20.3 Å². The molecule has 0 bridgehead atoms. The second-order valence-corrected chi connectivity index (χ2v) is 4.65. The lowest BCUT2D eigenvalue weighted by atomic mass is 10.2. The standard InChI is InChI=1S/C13H22N4O/c1-3-5-10-8-12(14)16-13(15-10)11-9-17(4-2)6-7-18-11/h8,11H,3-7,9H2,1-2H3,(H2,14,15,16). The largest absolute Gasteiger partial charge is 0.384 e. The summed E-state index contributed by atoms with van der Waals surface area (Å²) in [7, 11) is 0. The molecule has 0 radical (unpaired) electrons. The van der Waals surface area contributed by atoms with Crippen LogP contribution in [0.15, 0.2) is 6.07 Å². The first kappa shape index (κ1) is 13.2. The molecular weight excluding hydrogens is 228 g/mol. The topological polar surface area (TPSA) is 64.3 Å². The Morgan fingerprint density at radius 3 is 3.00 bits per heavy atom. The summed E-state index contributed by atoms with van der Waals surface area (Å²) in [6.45, 7) is 7.89. The third kappa shape index (κ3) is 3.17. The van der Waals surface area contributed by atoms with E-state index in [0.717, 1.165) is 50.6 Å². The molecule has 0 spiro atoms. The number of rotatable bonds is 4. The number of anilines is 1. The van der Waals surface area contributed by atoms with Gasteiger partial charge in [-0.3, -0.25) is 4.90 Å². The summed E-state index contributed by atoms with van der Waals surface area (Å²) in [5.74, 6) is 1.28. The Labute approximate surface area is 108 Å². The molecular formula is C13H22N4O. The molecule has 0 aromatic carbocycles. The van der Waals surface area contributed by atoms with Crippen molar-refractivity contribution in [1.82, 2.24) is 14.9 Å². The molecule has 1 aliphatic heterocycles. The van der Waals surface area contributed by atoms with E-state index in [0.29, 0.717) is 5.82 Å². The van der Waals surface area contributed by atoms with Crippen molar-refractivity contribution in [1.29, 1.82) is 0 Å². The molecule has 2 rings (SSSR count). The molecule has 5 nitrogen and oxygen atoms in total. The third-order valence-electron chi connectivity index (χ3n) is 3.21. The van der Waals surface area contributed by atoms with E-state index in [-0.39, 0.29) is 6.10 Å². The minimum atomic E-state index is -0.0437. The molecule has 5 heteroatoms. The van der Waals surface area contributed by atoms with E-state index >= 15 is 0 Å². The number of morpholine rings is 1. The number of nitrogens with zero attached hydrogens (tertiary/aromatic N) is 3. The number of likely N-dealkylation sites (N-methyl/N-ethyl adjacent to an activating group) is 1. The van der Waals surface area contributed by atoms with Gasteiger partial charge in [0.1, 0.15) is 11.9 Å². The highest BCUT2D eigenvalue weighted by Gasteiger charge is 2.23. The van der Waals surface area contributed by atoms with E-state index in [1.807, 2.05) is 6.07 Å². The Bertz CT molecular complexity index is 397. The van der Waals surface area contributed by atoms with E-state index < -0.39 is 0 Å². The van der Waals surface area contributed by atoms with Crippen LogP contribution in [-0.2, 0) is 11.2 Å². The minimum Gasteiger partial charge on any atom is -0.384 e. The van der Waals surface area contributed by atoms with Crippen molar-refractivity contribution in [3.05, 3.63) is 17.6 Å². The molecule has 0 saturated carbocycles. The summed E-state index contributed by atoms with van der Waals surface area (Å²) in [5, 5.41) is 0. The maximum Gasteiger partial charge on any atom is 0.161 e. The van der Waals surface area contributed by atoms with Crippen LogP contribution >= 0.6 is 0 Å². The van der Waals surface area contributed by atoms with E-state index in [1.54, 1.807) is 0 Å². The molecule has 1 aromatic heterocycles. The fourth-order valence-electron chi connectivity index (χ4n) is 2.21. The molecule has 1 saturated heterocycles. The Kier molecular flexibility index (Phi) is 4.49. The second-order valence-electron chi connectivity index (χ2n) is 4.65. The quantitative estimate of drug-likeness (QED) is 0.875. The first-order valence-corrected chi connectivity index (χ1v) is 6.70. The molecule has 1 unspecified atom stereocenters. The predicted octanol–water partition coefficient (Wildman–Crippen LogP) is 1.40. The van der Waals surface area contributed by atoms with Crippen LogP contribution in [0.1, 0.15) is 37.9 Å². The first-order valence-electron chi connectivity index (χ1n) is 6.70. The molecule has 2 N–H and O–H groups in total. The van der Waals surface area contributed by atoms with Gasteiger partial charge in [0, 0.05) is 24.8 Å². The minimum absolute atomic E-state index is 0.0437. The monoisotopic (exact) mass is 250 g/mol. The average Bonchev–Trinajstić information content (AvgIpc) is 2.38. The van der Waals surface area contributed by atoms with Gasteiger partial charge in [0.25, 0.3) is 0 Å². The van der Waals surface area contributed by atoms with E-state index in [2.05, 4.69) is 28.7 Å². The van der Waals surface area contributed by atoms with Gasteiger partial charge in [0.2, 0.25) is 0 Å². The van der Waals surface area contributed by atoms with Crippen LogP contribution < -0.4 is 5.73 Å². The van der Waals surface area contributed by atoms with Gasteiger partial charge in [-0.2, -0.15) is 0 Å². The lowest BCUT2D eigenvalue weighted by Gasteiger charge is -2.31. The van der Waals surface area contributed by atoms with Gasteiger partial charge in [0.05, 0.1) is 6.61 Å². The Morgan fingerprint density at radius 1 is 1.44 bits per heavy atom. The molecule has 0 aliphatic carbocycles. The zero-order valence-electron chi connectivity index (χ0n) is 11.2. The molecule has 1 aromatic rings. The summed E-state index contributed by atoms with van der Waals surface area (Å²) < 4.78 is 5.76. The molecule has 1 aliphatic rings. The first-order chi connectivity index (χ1) is 8.72. The molecule has 2 heterocycles. The van der Waals surface area contributed by atoms with Gasteiger partial charge in [0.15, 0.2) is 5.82 Å². The second kappa shape index (κ2) is 6.11. The predicted molar refractivity (Wildman–Crippen MR) is 71.2 cm³/mol. The Balaban J connectivity index is 2.16. The van der Waals surface area contributed by atoms with Crippen LogP contribution in [-0.4, -0.2) is 41.1 Å². The Hall–Kier alpha value is -1.20. The summed E-state index contributed by atoms with van der Waals surface area (Å²) in [4.78, 5) is 11.2. The van der Waals surface area contributed by atoms with Crippen molar-refractivity contribution in [2.45, 2.75) is 32.8 Å². The molecule has 1 atom stereocenters. The highest BCUT2D eigenvalue weighted by molar-refractivity contribution is 5.30. The highest BCUT2D eigenvalue weighted by atomic mass is 16.5. The summed E-state index contributed by atoms with van der Waals surface area (Å²) in [6, 6.07) is 1.85. The highest BCUT2D eigenvalue weighted by Crippen LogP contribution is 2.20. The van der Waals surface area contributed by atoms with E-state index in [1.165, 1.54) is 0 Å². The summed E-state index contributed by atoms with van der Waals surface area (Å²) in [6.07, 6.45) is 1.95. The van der Waals surface area contributed by atoms with Gasteiger partial charge in [-0.15, -0.1) is 0 Å². The van der Waals surface area contributed by atoms with Crippen molar-refractivity contribution < 1.29 is 4.74 Å². The fourth-order valence-corrected chi connectivity index (χ4v) is 2.21. The van der Waals surface area contributed by atoms with Crippen LogP contribution in [0.4, 0.5) is 5.82 Å². The lowest BCUT2D eigenvalue weighted by Crippen LogP contribution is -2.38. The fraction of sp³-hybridized carbons (Fsp3) is 0.692. The van der Waals surface area contributed by atoms with Crippen LogP contribution in [0, 0.1) is 0 Å². The molecule has 18 heavy (non-hydrogen) atoms. The van der Waals surface area contributed by atoms with Crippen LogP contribution in [0.5, 0.6) is 0 Å². The third-order valence-corrected chi connectivity index (χ3v) is 3.21. The number of hydrogen-bond acceptors (Lipinski definition) is 5. The molecule has 1 fully saturated rings. The number of ether oxygens (including phenoxy) is 1. The lowest BCUT2D eigenvalue weighted by molar-refractivity contribution is -0.0326. The smallest absolute Gasteiger partial charge is 0.161 e. The number of nitrogen functional groups attached to an aromatic ring is 1. The maximum atomic E-state index is 5.84. The Morgan fingerprint density at radius 2 is 2.28 bits per heavy atom. The average molecular weight is 250 g/mol. The zero-order valence-corrected chi connectivity index (χ0v) is 11.2. The molecule has 0 amide bonds. The van der Waals surface area contributed by atoms with Gasteiger partial charge in [-0.25, -0.2) is 9.97 Å². The van der Waals surface area contributed by atoms with Crippen LogP contribution in [0.25, 0.3) is 0 Å². The van der Waals surface area contributed by atoms with Crippen molar-refractivity contribution in [3.63, 3.8) is 0 Å². The summed E-state index contributed by atoms with van der Waals surface area (Å²) in [5.41, 5.74) is 6.85. The number of hydrogen-bond donors (Lipinski definition) is 1. The number of nitrogens with two attached hydrogens (primary N) is 1. The SMILES string of the molecule is CCCc1cc(N)nc(C2CN(CC)CCO2)n1. The van der Waals surface area contributed by atoms with E-state index in [9.17, 15) is 0 Å². The van der Waals surface area contributed by atoms with Crippen molar-refractivity contribution in [3.8, 4) is 0 Å². The van der Waals surface area contributed by atoms with Crippen molar-refractivity contribution in [2.75, 3.05) is 32.0 Å². The van der Waals surface area contributed by atoms with Gasteiger partial charge < -0.3 is 10.5 Å². The van der Waals surface area contributed by atoms with Crippen LogP contribution in [0.3, 0.4) is 0 Å². The maximum absolute atomic E-state index is 5.84. The summed E-state index contributed by atoms with van der Waals surface area (Å²) >= 11 is 0. The van der Waals surface area contributed by atoms with Gasteiger partial charge in [-0.05, 0) is 13.0 Å². The zero-order chi connectivity index (χ0) is 13.0. The van der Waals surface area contributed by atoms with Crippen molar-refractivity contribution >= 4 is 5.82 Å². The van der Waals surface area contributed by atoms with Crippen LogP contribution in [0.2, 0.25) is 0 Å². The van der Waals surface area contributed by atoms with Gasteiger partial charge >= 0.3 is 0 Å². The van der Waals surface area contributed by atoms with Crippen molar-refractivity contribution in [2.24, 2.45) is 0 Å².